The van der Waals surface area contributed by atoms with Crippen LogP contribution in [0.4, 0.5) is 11.4 Å². The number of ether oxygens (including phenoxy) is 2. The van der Waals surface area contributed by atoms with Crippen LogP contribution in [0.15, 0.2) is 52.1 Å². The van der Waals surface area contributed by atoms with Gasteiger partial charge < -0.3 is 24.1 Å². The molecule has 0 spiro atoms. The van der Waals surface area contributed by atoms with E-state index >= 15 is 0 Å². The van der Waals surface area contributed by atoms with E-state index < -0.39 is 0 Å². The Morgan fingerprint density at radius 3 is 2.94 bits per heavy atom. The summed E-state index contributed by atoms with van der Waals surface area (Å²) in [5, 5.41) is 11.2. The molecule has 2 aromatic carbocycles. The van der Waals surface area contributed by atoms with Gasteiger partial charge in [-0.05, 0) is 37.3 Å². The SMILES string of the molecule is C[C@H]1CC(=O)Nc2ccccc2N1C(=O)CSc1nnc(-c2ccc3c(c2)OCO3)o1. The van der Waals surface area contributed by atoms with Gasteiger partial charge in [0, 0.05) is 18.0 Å². The molecule has 0 bridgehead atoms. The standard InChI is InChI=1S/C21H18N4O5S/c1-12-8-18(26)22-14-4-2-3-5-15(14)25(12)19(27)10-31-21-24-23-20(30-21)13-6-7-16-17(9-13)29-11-28-16/h2-7,9,12H,8,10-11H2,1H3,(H,22,26)/t12-/m0/s1. The minimum Gasteiger partial charge on any atom is -0.454 e. The Hall–Kier alpha value is -3.53. The van der Waals surface area contributed by atoms with Crippen molar-refractivity contribution >= 4 is 35.0 Å². The molecule has 3 heterocycles. The summed E-state index contributed by atoms with van der Waals surface area (Å²) in [5.74, 6) is 1.45. The number of thioether (sulfide) groups is 1. The highest BCUT2D eigenvalue weighted by Crippen LogP contribution is 2.36. The summed E-state index contributed by atoms with van der Waals surface area (Å²) in [5.41, 5.74) is 2.01. The van der Waals surface area contributed by atoms with Gasteiger partial charge in [0.2, 0.25) is 24.5 Å². The highest BCUT2D eigenvalue weighted by molar-refractivity contribution is 7.99. The van der Waals surface area contributed by atoms with Gasteiger partial charge in [0.25, 0.3) is 5.22 Å². The van der Waals surface area contributed by atoms with Crippen molar-refractivity contribution in [2.24, 2.45) is 0 Å². The fourth-order valence-corrected chi connectivity index (χ4v) is 4.20. The van der Waals surface area contributed by atoms with Gasteiger partial charge in [-0.25, -0.2) is 0 Å². The molecule has 0 radical (unpaired) electrons. The first-order chi connectivity index (χ1) is 15.1. The van der Waals surface area contributed by atoms with Crippen LogP contribution in [-0.4, -0.2) is 40.6 Å². The summed E-state index contributed by atoms with van der Waals surface area (Å²) in [4.78, 5) is 26.8. The predicted octanol–water partition coefficient (Wildman–Crippen LogP) is 3.32. The molecule has 1 N–H and O–H groups in total. The van der Waals surface area contributed by atoms with Gasteiger partial charge in [0.15, 0.2) is 11.5 Å². The van der Waals surface area contributed by atoms with Crippen LogP contribution < -0.4 is 19.7 Å². The molecule has 2 amide bonds. The Morgan fingerprint density at radius 2 is 2.03 bits per heavy atom. The summed E-state index contributed by atoms with van der Waals surface area (Å²) in [7, 11) is 0. The monoisotopic (exact) mass is 438 g/mol. The van der Waals surface area contributed by atoms with Crippen LogP contribution in [0.3, 0.4) is 0 Å². The van der Waals surface area contributed by atoms with Crippen molar-refractivity contribution in [2.45, 2.75) is 24.6 Å². The van der Waals surface area contributed by atoms with E-state index in [1.165, 1.54) is 0 Å². The van der Waals surface area contributed by atoms with Crippen LogP contribution in [-0.2, 0) is 9.59 Å². The summed E-state index contributed by atoms with van der Waals surface area (Å²) in [6.07, 6.45) is 0.222. The molecular weight excluding hydrogens is 420 g/mol. The van der Waals surface area contributed by atoms with Crippen molar-refractivity contribution < 1.29 is 23.5 Å². The van der Waals surface area contributed by atoms with Crippen LogP contribution in [0.25, 0.3) is 11.5 Å². The van der Waals surface area contributed by atoms with Crippen LogP contribution in [0, 0.1) is 0 Å². The van der Waals surface area contributed by atoms with E-state index in [4.69, 9.17) is 13.9 Å². The molecule has 158 valence electrons. The summed E-state index contributed by atoms with van der Waals surface area (Å²) >= 11 is 1.15. The molecule has 10 heteroatoms. The molecule has 3 aromatic rings. The number of benzene rings is 2. The Balaban J connectivity index is 1.30. The van der Waals surface area contributed by atoms with Crippen molar-refractivity contribution in [3.05, 3.63) is 42.5 Å². The number of nitrogens with one attached hydrogen (secondary N) is 1. The zero-order valence-electron chi connectivity index (χ0n) is 16.5. The number of rotatable bonds is 4. The van der Waals surface area contributed by atoms with Crippen molar-refractivity contribution in [3.8, 4) is 23.0 Å². The number of fused-ring (bicyclic) bond motifs is 2. The Kier molecular flexibility index (Phi) is 4.99. The van der Waals surface area contributed by atoms with Crippen molar-refractivity contribution in [1.82, 2.24) is 10.2 Å². The van der Waals surface area contributed by atoms with Crippen LogP contribution >= 0.6 is 11.8 Å². The van der Waals surface area contributed by atoms with Gasteiger partial charge in [0.05, 0.1) is 17.1 Å². The van der Waals surface area contributed by atoms with E-state index in [9.17, 15) is 9.59 Å². The number of carbonyl (C=O) groups excluding carboxylic acids is 2. The van der Waals surface area contributed by atoms with E-state index in [1.54, 1.807) is 29.2 Å². The Morgan fingerprint density at radius 1 is 1.19 bits per heavy atom. The normalized spacial score (nSPS) is 17.1. The van der Waals surface area contributed by atoms with Crippen molar-refractivity contribution in [2.75, 3.05) is 22.8 Å². The molecule has 0 unspecified atom stereocenters. The molecule has 5 rings (SSSR count). The molecular formula is C21H18N4O5S. The van der Waals surface area contributed by atoms with Crippen LogP contribution in [0.1, 0.15) is 13.3 Å². The molecule has 31 heavy (non-hydrogen) atoms. The highest BCUT2D eigenvalue weighted by atomic mass is 32.2. The molecule has 0 fully saturated rings. The zero-order valence-corrected chi connectivity index (χ0v) is 17.3. The maximum absolute atomic E-state index is 13.1. The Labute approximate surface area is 181 Å². The lowest BCUT2D eigenvalue weighted by atomic mass is 10.2. The fourth-order valence-electron chi connectivity index (χ4n) is 3.58. The second-order valence-corrected chi connectivity index (χ2v) is 8.04. The van der Waals surface area contributed by atoms with Crippen LogP contribution in [0.2, 0.25) is 0 Å². The second kappa shape index (κ2) is 7.95. The molecule has 0 saturated heterocycles. The zero-order chi connectivity index (χ0) is 21.4. The second-order valence-electron chi connectivity index (χ2n) is 7.11. The summed E-state index contributed by atoms with van der Waals surface area (Å²) in [6.45, 7) is 2.04. The highest BCUT2D eigenvalue weighted by Gasteiger charge is 2.29. The predicted molar refractivity (Wildman–Crippen MR) is 113 cm³/mol. The third-order valence-electron chi connectivity index (χ3n) is 4.97. The maximum atomic E-state index is 13.1. The minimum absolute atomic E-state index is 0.0929. The van der Waals surface area contributed by atoms with E-state index in [-0.39, 0.29) is 42.0 Å². The summed E-state index contributed by atoms with van der Waals surface area (Å²) in [6, 6.07) is 12.4. The van der Waals surface area contributed by atoms with Crippen LogP contribution in [0.5, 0.6) is 11.5 Å². The van der Waals surface area contributed by atoms with Crippen molar-refractivity contribution in [3.63, 3.8) is 0 Å². The number of amides is 2. The molecule has 0 saturated carbocycles. The first kappa shape index (κ1) is 19.4. The number of para-hydroxylation sites is 2. The molecule has 0 aliphatic carbocycles. The lowest BCUT2D eigenvalue weighted by molar-refractivity contribution is -0.117. The van der Waals surface area contributed by atoms with E-state index in [2.05, 4.69) is 15.5 Å². The van der Waals surface area contributed by atoms with E-state index in [0.717, 1.165) is 11.8 Å². The minimum atomic E-state index is -0.274. The number of nitrogens with zero attached hydrogens (tertiary/aromatic N) is 3. The van der Waals surface area contributed by atoms with Gasteiger partial charge >= 0.3 is 0 Å². The number of carbonyl (C=O) groups is 2. The number of aromatic nitrogens is 2. The molecule has 9 nitrogen and oxygen atoms in total. The van der Waals surface area contributed by atoms with Gasteiger partial charge in [-0.15, -0.1) is 10.2 Å². The topological polar surface area (TPSA) is 107 Å². The third-order valence-corrected chi connectivity index (χ3v) is 5.78. The summed E-state index contributed by atoms with van der Waals surface area (Å²) < 4.78 is 16.4. The largest absolute Gasteiger partial charge is 0.454 e. The molecule has 1 aromatic heterocycles. The first-order valence-electron chi connectivity index (χ1n) is 9.66. The molecule has 2 aliphatic rings. The van der Waals surface area contributed by atoms with Gasteiger partial charge in [-0.2, -0.15) is 0 Å². The maximum Gasteiger partial charge on any atom is 0.277 e. The van der Waals surface area contributed by atoms with E-state index in [0.29, 0.717) is 34.3 Å². The average molecular weight is 438 g/mol. The third kappa shape index (κ3) is 3.81. The average Bonchev–Trinajstić information content (AvgIpc) is 3.39. The lowest BCUT2D eigenvalue weighted by Crippen LogP contribution is -2.40. The molecule has 1 atom stereocenters. The molecule has 2 aliphatic heterocycles. The fraction of sp³-hybridized carbons (Fsp3) is 0.238. The van der Waals surface area contributed by atoms with Gasteiger partial charge in [-0.3, -0.25) is 9.59 Å². The Bertz CT molecular complexity index is 1160. The number of anilines is 2. The van der Waals surface area contributed by atoms with Gasteiger partial charge in [-0.1, -0.05) is 23.9 Å². The quantitative estimate of drug-likeness (QED) is 0.618. The first-order valence-corrected chi connectivity index (χ1v) is 10.6. The number of hydrogen-bond acceptors (Lipinski definition) is 8. The lowest BCUT2D eigenvalue weighted by Gasteiger charge is -2.27. The number of hydrogen-bond donors (Lipinski definition) is 1. The van der Waals surface area contributed by atoms with E-state index in [1.807, 2.05) is 25.1 Å². The van der Waals surface area contributed by atoms with Gasteiger partial charge in [0.1, 0.15) is 0 Å². The smallest absolute Gasteiger partial charge is 0.277 e. The van der Waals surface area contributed by atoms with Crippen molar-refractivity contribution in [1.29, 1.82) is 0 Å².